The Bertz CT molecular complexity index is 2780. The van der Waals surface area contributed by atoms with Crippen molar-refractivity contribution in [1.29, 1.82) is 0 Å². The van der Waals surface area contributed by atoms with Crippen LogP contribution in [0.1, 0.15) is 0 Å². The second kappa shape index (κ2) is 10.7. The van der Waals surface area contributed by atoms with Gasteiger partial charge in [-0.1, -0.05) is 121 Å². The molecule has 5 heteroatoms. The van der Waals surface area contributed by atoms with Crippen LogP contribution in [-0.4, -0.2) is 19.4 Å². The minimum Gasteiger partial charge on any atom is -0.290 e. The number of para-hydroxylation sites is 2. The second-order valence-corrected chi connectivity index (χ2v) is 13.1. The van der Waals surface area contributed by atoms with Crippen molar-refractivity contribution in [2.75, 3.05) is 0 Å². The number of pyridine rings is 1. The van der Waals surface area contributed by atoms with Crippen molar-refractivity contribution in [1.82, 2.24) is 19.4 Å². The van der Waals surface area contributed by atoms with E-state index in [0.29, 0.717) is 5.82 Å². The summed E-state index contributed by atoms with van der Waals surface area (Å²) in [5.74, 6) is 0.715. The molecule has 0 radical (unpaired) electrons. The quantitative estimate of drug-likeness (QED) is 0.194. The lowest BCUT2D eigenvalue weighted by atomic mass is 9.99. The summed E-state index contributed by atoms with van der Waals surface area (Å²) in [7, 11) is 0. The minimum absolute atomic E-state index is 0.715. The van der Waals surface area contributed by atoms with Gasteiger partial charge in [0.1, 0.15) is 5.65 Å². The van der Waals surface area contributed by atoms with Gasteiger partial charge in [-0.05, 0) is 47.5 Å². The molecule has 0 spiro atoms. The molecule has 224 valence electrons. The molecule has 0 aliphatic heterocycles. The Kier molecular flexibility index (Phi) is 6.01. The van der Waals surface area contributed by atoms with Gasteiger partial charge in [-0.25, -0.2) is 15.0 Å². The minimum atomic E-state index is 0.715. The third-order valence-corrected chi connectivity index (χ3v) is 10.4. The molecule has 0 N–H and O–H groups in total. The molecule has 0 atom stereocenters. The predicted octanol–water partition coefficient (Wildman–Crippen LogP) is 11.5. The zero-order valence-electron chi connectivity index (χ0n) is 25.7. The van der Waals surface area contributed by atoms with E-state index in [9.17, 15) is 0 Å². The number of hydrogen-bond acceptors (Lipinski definition) is 4. The van der Waals surface area contributed by atoms with Crippen molar-refractivity contribution in [3.05, 3.63) is 158 Å². The number of aromatic nitrogens is 4. The molecule has 0 amide bonds. The van der Waals surface area contributed by atoms with E-state index in [4.69, 9.17) is 15.0 Å². The van der Waals surface area contributed by atoms with E-state index in [1.807, 2.05) is 47.7 Å². The summed E-state index contributed by atoms with van der Waals surface area (Å²) in [6.45, 7) is 0. The molecule has 0 saturated heterocycles. The fraction of sp³-hybridized carbons (Fsp3) is 0. The molecule has 10 aromatic rings. The van der Waals surface area contributed by atoms with Gasteiger partial charge in [0, 0.05) is 37.5 Å². The van der Waals surface area contributed by atoms with Crippen LogP contribution in [-0.2, 0) is 0 Å². The van der Waals surface area contributed by atoms with Crippen LogP contribution in [0.2, 0.25) is 0 Å². The van der Waals surface area contributed by atoms with Crippen molar-refractivity contribution in [3.8, 4) is 45.0 Å². The van der Waals surface area contributed by atoms with Crippen molar-refractivity contribution in [2.45, 2.75) is 0 Å². The van der Waals surface area contributed by atoms with Gasteiger partial charge in [0.15, 0.2) is 5.82 Å². The summed E-state index contributed by atoms with van der Waals surface area (Å²) in [4.78, 5) is 15.2. The Morgan fingerprint density at radius 2 is 1.08 bits per heavy atom. The largest absolute Gasteiger partial charge is 0.290 e. The van der Waals surface area contributed by atoms with Gasteiger partial charge in [-0.2, -0.15) is 0 Å². The van der Waals surface area contributed by atoms with Gasteiger partial charge in [-0.15, -0.1) is 11.3 Å². The fourth-order valence-electron chi connectivity index (χ4n) is 6.90. The Balaban J connectivity index is 1.17. The summed E-state index contributed by atoms with van der Waals surface area (Å²) in [5, 5.41) is 3.65. The average molecular weight is 631 g/mol. The maximum atomic E-state index is 5.12. The van der Waals surface area contributed by atoms with E-state index >= 15 is 0 Å². The normalized spacial score (nSPS) is 11.8. The highest BCUT2D eigenvalue weighted by molar-refractivity contribution is 7.26. The van der Waals surface area contributed by atoms with E-state index in [-0.39, 0.29) is 0 Å². The smallest absolute Gasteiger partial charge is 0.160 e. The number of hydrogen-bond donors (Lipinski definition) is 0. The Morgan fingerprint density at radius 1 is 0.438 bits per heavy atom. The van der Waals surface area contributed by atoms with Crippen LogP contribution in [0.3, 0.4) is 0 Å². The summed E-state index contributed by atoms with van der Waals surface area (Å²) in [6, 6.07) is 55.3. The second-order valence-electron chi connectivity index (χ2n) is 12.1. The monoisotopic (exact) mass is 630 g/mol. The van der Waals surface area contributed by atoms with Gasteiger partial charge >= 0.3 is 0 Å². The van der Waals surface area contributed by atoms with Crippen LogP contribution in [0, 0.1) is 0 Å². The van der Waals surface area contributed by atoms with Crippen LogP contribution in [0.5, 0.6) is 0 Å². The fourth-order valence-corrected chi connectivity index (χ4v) is 8.11. The zero-order chi connectivity index (χ0) is 31.6. The summed E-state index contributed by atoms with van der Waals surface area (Å²) in [6.07, 6.45) is 0. The number of fused-ring (bicyclic) bond motifs is 10. The molecule has 0 aliphatic carbocycles. The van der Waals surface area contributed by atoms with Crippen LogP contribution in [0.15, 0.2) is 158 Å². The first-order chi connectivity index (χ1) is 23.8. The molecule has 10 rings (SSSR count). The van der Waals surface area contributed by atoms with Crippen LogP contribution in [0.4, 0.5) is 0 Å². The Hall–Kier alpha value is -6.17. The third kappa shape index (κ3) is 4.25. The molecule has 0 bridgehead atoms. The molecule has 0 saturated carbocycles. The number of imidazole rings is 1. The molecule has 0 aliphatic rings. The van der Waals surface area contributed by atoms with E-state index in [1.165, 1.54) is 31.1 Å². The highest BCUT2D eigenvalue weighted by Gasteiger charge is 2.18. The first-order valence-corrected chi connectivity index (χ1v) is 16.9. The topological polar surface area (TPSA) is 43.1 Å². The molecule has 4 heterocycles. The molecule has 6 aromatic carbocycles. The lowest BCUT2D eigenvalue weighted by Gasteiger charge is -2.11. The average Bonchev–Trinajstić information content (AvgIpc) is 3.74. The molecule has 4 aromatic heterocycles. The van der Waals surface area contributed by atoms with Gasteiger partial charge in [0.2, 0.25) is 0 Å². The first-order valence-electron chi connectivity index (χ1n) is 16.0. The number of benzene rings is 6. The van der Waals surface area contributed by atoms with Gasteiger partial charge in [-0.3, -0.25) is 4.40 Å². The van der Waals surface area contributed by atoms with Gasteiger partial charge in [0.05, 0.1) is 32.6 Å². The van der Waals surface area contributed by atoms with E-state index in [1.54, 1.807) is 0 Å². The van der Waals surface area contributed by atoms with Crippen molar-refractivity contribution in [3.63, 3.8) is 0 Å². The Morgan fingerprint density at radius 3 is 1.92 bits per heavy atom. The lowest BCUT2D eigenvalue weighted by molar-refractivity contribution is 1.18. The predicted molar refractivity (Wildman–Crippen MR) is 200 cm³/mol. The van der Waals surface area contributed by atoms with Crippen molar-refractivity contribution in [2.24, 2.45) is 0 Å². The van der Waals surface area contributed by atoms with Crippen molar-refractivity contribution >= 4 is 59.1 Å². The van der Waals surface area contributed by atoms with E-state index < -0.39 is 0 Å². The molecule has 4 nitrogen and oxygen atoms in total. The van der Waals surface area contributed by atoms with Crippen molar-refractivity contribution < 1.29 is 0 Å². The SMILES string of the molecule is c1ccc(-c2cc(-c3cccc(-c4ccc5sc6c7ccccc7c7nc8ccccc8n7c6c5c4)c3)nc(-c3ccccc3)n2)cc1. The number of nitrogens with zero attached hydrogens (tertiary/aromatic N) is 4. The summed E-state index contributed by atoms with van der Waals surface area (Å²) < 4.78 is 4.91. The van der Waals surface area contributed by atoms with Crippen LogP contribution < -0.4 is 0 Å². The van der Waals surface area contributed by atoms with E-state index in [2.05, 4.69) is 126 Å². The molecular weight excluding hydrogens is 605 g/mol. The maximum Gasteiger partial charge on any atom is 0.160 e. The maximum absolute atomic E-state index is 5.12. The zero-order valence-corrected chi connectivity index (χ0v) is 26.5. The molecule has 0 unspecified atom stereocenters. The van der Waals surface area contributed by atoms with Crippen LogP contribution >= 0.6 is 11.3 Å². The highest BCUT2D eigenvalue weighted by atomic mass is 32.1. The van der Waals surface area contributed by atoms with Gasteiger partial charge in [0.25, 0.3) is 0 Å². The molecule has 48 heavy (non-hydrogen) atoms. The summed E-state index contributed by atoms with van der Waals surface area (Å²) in [5.41, 5.74) is 11.6. The van der Waals surface area contributed by atoms with E-state index in [0.717, 1.165) is 55.9 Å². The van der Waals surface area contributed by atoms with Crippen LogP contribution in [0.25, 0.3) is 92.8 Å². The molecule has 0 fully saturated rings. The lowest BCUT2D eigenvalue weighted by Crippen LogP contribution is -1.96. The first kappa shape index (κ1) is 27.0. The summed E-state index contributed by atoms with van der Waals surface area (Å²) >= 11 is 1.86. The third-order valence-electron chi connectivity index (χ3n) is 9.18. The standard InChI is InChI=1S/C43H26N4S/c1-3-12-27(13-4-1)36-26-37(45-42(44-36)28-14-5-2-6-15-28)31-17-11-16-29(24-31)30-22-23-39-34(25-30)40-41(48-39)32-18-7-8-19-33(32)43-46-35-20-9-10-21-38(35)47(40)43/h1-26H. The molecular formula is C43H26N4S. The van der Waals surface area contributed by atoms with Gasteiger partial charge < -0.3 is 0 Å². The number of rotatable bonds is 4. The highest BCUT2D eigenvalue weighted by Crippen LogP contribution is 2.43. The number of thiophene rings is 1. The Labute approximate surface area is 280 Å².